The van der Waals surface area contributed by atoms with Gasteiger partial charge >= 0.3 is 0 Å². The number of aliphatic hydroxyl groups excluding tert-OH is 1. The number of pyridine rings is 1. The number of para-hydroxylation sites is 1. The number of amides is 2. The molecule has 8 nitrogen and oxygen atoms in total. The first kappa shape index (κ1) is 22.1. The number of aromatic nitrogens is 1. The molecule has 0 spiro atoms. The fourth-order valence-corrected chi connectivity index (χ4v) is 4.43. The summed E-state index contributed by atoms with van der Waals surface area (Å²) in [5, 5.41) is 16.7. The molecule has 0 bridgehead atoms. The summed E-state index contributed by atoms with van der Waals surface area (Å²) in [5.74, 6) is 0.521. The first-order chi connectivity index (χ1) is 15.5. The number of benzene rings is 1. The molecule has 2 aliphatic rings. The highest BCUT2D eigenvalue weighted by Crippen LogP contribution is 2.27. The van der Waals surface area contributed by atoms with Gasteiger partial charge in [-0.25, -0.2) is 4.98 Å². The number of hydrogen-bond donors (Lipinski definition) is 3. The molecule has 2 aromatic rings. The lowest BCUT2D eigenvalue weighted by atomic mass is 10.0. The van der Waals surface area contributed by atoms with Crippen molar-refractivity contribution in [1.82, 2.24) is 15.2 Å². The molecule has 1 aromatic heterocycles. The third-order valence-electron chi connectivity index (χ3n) is 6.23. The van der Waals surface area contributed by atoms with Crippen LogP contribution in [0.15, 0.2) is 42.6 Å². The highest BCUT2D eigenvalue weighted by atomic mass is 16.3. The number of nitrogens with one attached hydrogen (secondary N) is 2. The van der Waals surface area contributed by atoms with E-state index in [0.717, 1.165) is 44.6 Å². The average molecular weight is 438 g/mol. The van der Waals surface area contributed by atoms with Crippen molar-refractivity contribution in [2.24, 2.45) is 0 Å². The maximum atomic E-state index is 12.6. The van der Waals surface area contributed by atoms with E-state index in [1.807, 2.05) is 17.0 Å². The number of piperidine rings is 1. The van der Waals surface area contributed by atoms with Crippen molar-refractivity contribution in [2.75, 3.05) is 42.9 Å². The molecular formula is C24H31N5O3. The number of likely N-dealkylation sites (tertiary alicyclic amines) is 1. The van der Waals surface area contributed by atoms with Crippen molar-refractivity contribution in [3.05, 3.63) is 53.7 Å². The molecule has 1 unspecified atom stereocenters. The van der Waals surface area contributed by atoms with Gasteiger partial charge in [-0.1, -0.05) is 18.2 Å². The smallest absolute Gasteiger partial charge is 0.251 e. The summed E-state index contributed by atoms with van der Waals surface area (Å²) in [5.41, 5.74) is 2.96. The van der Waals surface area contributed by atoms with Crippen LogP contribution in [0, 0.1) is 0 Å². The van der Waals surface area contributed by atoms with Crippen molar-refractivity contribution < 1.29 is 14.7 Å². The van der Waals surface area contributed by atoms with E-state index >= 15 is 0 Å². The van der Waals surface area contributed by atoms with Crippen molar-refractivity contribution in [2.45, 2.75) is 38.3 Å². The zero-order valence-corrected chi connectivity index (χ0v) is 18.5. The molecule has 4 rings (SSSR count). The molecule has 3 N–H and O–H groups in total. The summed E-state index contributed by atoms with van der Waals surface area (Å²) in [6.45, 7) is 4.61. The predicted molar refractivity (Wildman–Crippen MR) is 124 cm³/mol. The second-order valence-electron chi connectivity index (χ2n) is 8.54. The van der Waals surface area contributed by atoms with Crippen molar-refractivity contribution in [3.63, 3.8) is 0 Å². The maximum Gasteiger partial charge on any atom is 0.251 e. The maximum absolute atomic E-state index is 12.6. The Balaban J connectivity index is 1.25. The molecule has 2 aliphatic heterocycles. The molecule has 1 aromatic carbocycles. The van der Waals surface area contributed by atoms with Gasteiger partial charge in [-0.2, -0.15) is 0 Å². The van der Waals surface area contributed by atoms with Gasteiger partial charge in [0.2, 0.25) is 5.91 Å². The number of aliphatic hydroxyl groups is 1. The second-order valence-corrected chi connectivity index (χ2v) is 8.54. The molecule has 3 heterocycles. The number of carbonyl (C=O) groups excluding carboxylic acids is 2. The second kappa shape index (κ2) is 9.99. The van der Waals surface area contributed by atoms with Crippen LogP contribution in [0.4, 0.5) is 11.5 Å². The van der Waals surface area contributed by atoms with Gasteiger partial charge in [0.05, 0.1) is 6.10 Å². The molecule has 8 heteroatoms. The van der Waals surface area contributed by atoms with Crippen LogP contribution in [0.3, 0.4) is 0 Å². The summed E-state index contributed by atoms with van der Waals surface area (Å²) in [6.07, 6.45) is 3.64. The van der Waals surface area contributed by atoms with Gasteiger partial charge in [-0.15, -0.1) is 0 Å². The topological polar surface area (TPSA) is 97.8 Å². The Morgan fingerprint density at radius 2 is 1.97 bits per heavy atom. The van der Waals surface area contributed by atoms with Gasteiger partial charge in [0.15, 0.2) is 0 Å². The number of carbonyl (C=O) groups is 2. The lowest BCUT2D eigenvalue weighted by molar-refractivity contribution is -0.129. The first-order valence-electron chi connectivity index (χ1n) is 11.3. The monoisotopic (exact) mass is 437 g/mol. The van der Waals surface area contributed by atoms with E-state index in [-0.39, 0.29) is 24.4 Å². The van der Waals surface area contributed by atoms with Gasteiger partial charge < -0.3 is 25.5 Å². The lowest BCUT2D eigenvalue weighted by Crippen LogP contribution is -2.41. The summed E-state index contributed by atoms with van der Waals surface area (Å²) < 4.78 is 0. The normalized spacial score (nSPS) is 17.1. The Hall–Kier alpha value is -3.13. The van der Waals surface area contributed by atoms with Crippen LogP contribution in [0.5, 0.6) is 0 Å². The lowest BCUT2D eigenvalue weighted by Gasteiger charge is -2.32. The third-order valence-corrected chi connectivity index (χ3v) is 6.23. The number of rotatable bonds is 7. The van der Waals surface area contributed by atoms with Crippen LogP contribution >= 0.6 is 0 Å². The Kier molecular flexibility index (Phi) is 6.90. The summed E-state index contributed by atoms with van der Waals surface area (Å²) >= 11 is 0. The number of anilines is 2. The average Bonchev–Trinajstić information content (AvgIpc) is 3.21. The van der Waals surface area contributed by atoms with Gasteiger partial charge in [0, 0.05) is 63.1 Å². The molecule has 1 saturated heterocycles. The minimum Gasteiger partial charge on any atom is -0.389 e. The van der Waals surface area contributed by atoms with Crippen LogP contribution in [-0.2, 0) is 11.2 Å². The fraction of sp³-hybridized carbons (Fsp3) is 0.458. The molecular weight excluding hydrogens is 406 g/mol. The molecule has 1 atom stereocenters. The first-order valence-corrected chi connectivity index (χ1v) is 11.3. The number of hydrogen-bond acceptors (Lipinski definition) is 6. The van der Waals surface area contributed by atoms with E-state index in [1.54, 1.807) is 25.3 Å². The Labute approximate surface area is 188 Å². The minimum atomic E-state index is -0.656. The predicted octanol–water partition coefficient (Wildman–Crippen LogP) is 1.66. The van der Waals surface area contributed by atoms with Gasteiger partial charge in [-0.3, -0.25) is 9.59 Å². The number of nitrogens with zero attached hydrogens (tertiary/aromatic N) is 3. The van der Waals surface area contributed by atoms with Gasteiger partial charge in [0.1, 0.15) is 5.82 Å². The van der Waals surface area contributed by atoms with Crippen LogP contribution in [0.2, 0.25) is 0 Å². The standard InChI is InChI=1S/C24H31N5O3/c1-17(30)28-12-8-20(9-13-28)27-23-14-19(6-10-25-23)24(32)26-15-21(31)16-29-11-7-18-4-2-3-5-22(18)29/h2-6,10,14,20-21,31H,7-9,11-13,15-16H2,1H3,(H,25,27)(H,26,32). The van der Waals surface area contributed by atoms with Crippen molar-refractivity contribution >= 4 is 23.3 Å². The van der Waals surface area contributed by atoms with E-state index in [1.165, 1.54) is 5.56 Å². The number of β-amino-alcohol motifs (C(OH)–C–C–N with tert-alkyl or cyclic N) is 1. The molecule has 2 amide bonds. The highest BCUT2D eigenvalue weighted by molar-refractivity contribution is 5.94. The molecule has 32 heavy (non-hydrogen) atoms. The summed E-state index contributed by atoms with van der Waals surface area (Å²) in [7, 11) is 0. The SMILES string of the molecule is CC(=O)N1CCC(Nc2cc(C(=O)NCC(O)CN3CCc4ccccc43)ccn2)CC1. The summed E-state index contributed by atoms with van der Waals surface area (Å²) in [6, 6.07) is 11.9. The van der Waals surface area contributed by atoms with Gasteiger partial charge in [0.25, 0.3) is 5.91 Å². The zero-order valence-electron chi connectivity index (χ0n) is 18.5. The Morgan fingerprint density at radius 1 is 1.19 bits per heavy atom. The zero-order chi connectivity index (χ0) is 22.5. The Bertz CT molecular complexity index is 958. The van der Waals surface area contributed by atoms with Crippen molar-refractivity contribution in [1.29, 1.82) is 0 Å². The summed E-state index contributed by atoms with van der Waals surface area (Å²) in [4.78, 5) is 32.4. The van der Waals surface area contributed by atoms with E-state index in [9.17, 15) is 14.7 Å². The van der Waals surface area contributed by atoms with Crippen LogP contribution < -0.4 is 15.5 Å². The fourth-order valence-electron chi connectivity index (χ4n) is 4.43. The van der Waals surface area contributed by atoms with E-state index in [0.29, 0.717) is 17.9 Å². The quantitative estimate of drug-likeness (QED) is 0.610. The highest BCUT2D eigenvalue weighted by Gasteiger charge is 2.22. The van der Waals surface area contributed by atoms with Crippen LogP contribution in [0.1, 0.15) is 35.7 Å². The van der Waals surface area contributed by atoms with Crippen LogP contribution in [0.25, 0.3) is 0 Å². The van der Waals surface area contributed by atoms with E-state index in [2.05, 4.69) is 32.7 Å². The van der Waals surface area contributed by atoms with Crippen LogP contribution in [-0.4, -0.2) is 71.7 Å². The molecule has 0 radical (unpaired) electrons. The number of fused-ring (bicyclic) bond motifs is 1. The molecule has 0 aliphatic carbocycles. The third kappa shape index (κ3) is 5.37. The van der Waals surface area contributed by atoms with E-state index in [4.69, 9.17) is 0 Å². The molecule has 170 valence electrons. The largest absolute Gasteiger partial charge is 0.389 e. The van der Waals surface area contributed by atoms with Crippen molar-refractivity contribution in [3.8, 4) is 0 Å². The molecule has 1 fully saturated rings. The molecule has 0 saturated carbocycles. The van der Waals surface area contributed by atoms with E-state index < -0.39 is 6.10 Å². The minimum absolute atomic E-state index is 0.108. The van der Waals surface area contributed by atoms with Gasteiger partial charge in [-0.05, 0) is 43.0 Å². The Morgan fingerprint density at radius 3 is 2.75 bits per heavy atom.